The first kappa shape index (κ1) is 10.2. The van der Waals surface area contributed by atoms with Crippen molar-refractivity contribution in [3.05, 3.63) is 48.0 Å². The van der Waals surface area contributed by atoms with E-state index in [0.717, 1.165) is 18.7 Å². The van der Waals surface area contributed by atoms with Crippen LogP contribution in [0.25, 0.3) is 0 Å². The highest BCUT2D eigenvalue weighted by molar-refractivity contribution is 5.38. The molecule has 2 rings (SSSR count). The molecule has 2 aromatic heterocycles. The molecule has 1 N–H and O–H groups in total. The van der Waals surface area contributed by atoms with Gasteiger partial charge in [0.25, 0.3) is 0 Å². The summed E-state index contributed by atoms with van der Waals surface area (Å²) in [4.78, 5) is 4.11. The summed E-state index contributed by atoms with van der Waals surface area (Å²) in [7, 11) is 0. The van der Waals surface area contributed by atoms with Gasteiger partial charge in [-0.25, -0.2) is 4.98 Å². The number of hydrogen-bond acceptors (Lipinski definition) is 4. The van der Waals surface area contributed by atoms with Gasteiger partial charge in [0.05, 0.1) is 6.26 Å². The van der Waals surface area contributed by atoms with Gasteiger partial charge in [0.2, 0.25) is 0 Å². The van der Waals surface area contributed by atoms with Crippen LogP contribution in [0.15, 0.2) is 41.0 Å². The van der Waals surface area contributed by atoms with Gasteiger partial charge < -0.3 is 9.73 Å². The summed E-state index contributed by atoms with van der Waals surface area (Å²) < 4.78 is 5.20. The second-order valence-electron chi connectivity index (χ2n) is 3.28. The van der Waals surface area contributed by atoms with E-state index >= 15 is 0 Å². The largest absolute Gasteiger partial charge is 0.469 e. The van der Waals surface area contributed by atoms with Crippen molar-refractivity contribution in [1.29, 1.82) is 5.26 Å². The topological polar surface area (TPSA) is 61.9 Å². The predicted molar refractivity (Wildman–Crippen MR) is 59.9 cm³/mol. The Labute approximate surface area is 93.5 Å². The van der Waals surface area contributed by atoms with Crippen LogP contribution >= 0.6 is 0 Å². The number of rotatable bonds is 4. The minimum absolute atomic E-state index is 0.419. The second kappa shape index (κ2) is 4.99. The quantitative estimate of drug-likeness (QED) is 0.845. The van der Waals surface area contributed by atoms with E-state index in [1.54, 1.807) is 18.4 Å². The maximum atomic E-state index is 8.68. The Kier molecular flexibility index (Phi) is 3.19. The highest BCUT2D eigenvalue weighted by atomic mass is 16.3. The summed E-state index contributed by atoms with van der Waals surface area (Å²) in [5.41, 5.74) is 0.419. The number of furan rings is 1. The molecule has 2 aromatic rings. The zero-order valence-corrected chi connectivity index (χ0v) is 8.68. The molecule has 0 aliphatic carbocycles. The fourth-order valence-electron chi connectivity index (χ4n) is 1.36. The summed E-state index contributed by atoms with van der Waals surface area (Å²) in [6.45, 7) is 0.732. The lowest BCUT2D eigenvalue weighted by Gasteiger charge is -2.03. The number of nitrogens with zero attached hydrogens (tertiary/aromatic N) is 2. The third-order valence-corrected chi connectivity index (χ3v) is 2.12. The number of aromatic nitrogens is 1. The Morgan fingerprint density at radius 3 is 3.00 bits per heavy atom. The number of anilines is 1. The van der Waals surface area contributed by atoms with Crippen molar-refractivity contribution in [2.45, 2.75) is 6.42 Å². The first-order valence-electron chi connectivity index (χ1n) is 5.02. The molecule has 0 aliphatic heterocycles. The van der Waals surface area contributed by atoms with Crippen molar-refractivity contribution >= 4 is 5.82 Å². The highest BCUT2D eigenvalue weighted by Gasteiger charge is 1.98. The number of hydrogen-bond donors (Lipinski definition) is 1. The maximum Gasteiger partial charge on any atom is 0.142 e. The normalized spacial score (nSPS) is 9.69. The predicted octanol–water partition coefficient (Wildman–Crippen LogP) is 2.20. The standard InChI is InChI=1S/C12H11N3O/c13-9-10-3-1-5-12(15-10)14-7-6-11-4-2-8-16-11/h1-5,8H,6-7H2,(H,14,15). The average molecular weight is 213 g/mol. The third kappa shape index (κ3) is 2.61. The SMILES string of the molecule is N#Cc1cccc(NCCc2ccco2)n1. The molecule has 80 valence electrons. The number of pyridine rings is 1. The average Bonchev–Trinajstić information content (AvgIpc) is 2.82. The number of nitriles is 1. The molecular formula is C12H11N3O. The van der Waals surface area contributed by atoms with E-state index in [1.807, 2.05) is 24.3 Å². The second-order valence-corrected chi connectivity index (χ2v) is 3.28. The van der Waals surface area contributed by atoms with Gasteiger partial charge >= 0.3 is 0 Å². The molecule has 16 heavy (non-hydrogen) atoms. The van der Waals surface area contributed by atoms with Crippen LogP contribution < -0.4 is 5.32 Å². The molecule has 4 heteroatoms. The summed E-state index contributed by atoms with van der Waals surface area (Å²) in [5, 5.41) is 11.8. The zero-order valence-electron chi connectivity index (χ0n) is 8.68. The van der Waals surface area contributed by atoms with Crippen LogP contribution in [-0.2, 0) is 6.42 Å². The van der Waals surface area contributed by atoms with Gasteiger partial charge in [-0.2, -0.15) is 5.26 Å². The van der Waals surface area contributed by atoms with Crippen molar-refractivity contribution < 1.29 is 4.42 Å². The maximum absolute atomic E-state index is 8.68. The van der Waals surface area contributed by atoms with E-state index in [9.17, 15) is 0 Å². The number of nitrogens with one attached hydrogen (secondary N) is 1. The zero-order chi connectivity index (χ0) is 11.2. The Morgan fingerprint density at radius 2 is 2.25 bits per heavy atom. The smallest absolute Gasteiger partial charge is 0.142 e. The lowest BCUT2D eigenvalue weighted by Crippen LogP contribution is -2.06. The van der Waals surface area contributed by atoms with Crippen molar-refractivity contribution in [2.75, 3.05) is 11.9 Å². The van der Waals surface area contributed by atoms with Crippen molar-refractivity contribution in [2.24, 2.45) is 0 Å². The molecule has 0 saturated heterocycles. The van der Waals surface area contributed by atoms with E-state index in [1.165, 1.54) is 0 Å². The van der Waals surface area contributed by atoms with E-state index in [-0.39, 0.29) is 0 Å². The summed E-state index contributed by atoms with van der Waals surface area (Å²) in [6.07, 6.45) is 2.45. The van der Waals surface area contributed by atoms with Crippen LogP contribution in [0.1, 0.15) is 11.5 Å². The summed E-state index contributed by atoms with van der Waals surface area (Å²) >= 11 is 0. The Hall–Kier alpha value is -2.28. The van der Waals surface area contributed by atoms with Gasteiger partial charge in [-0.3, -0.25) is 0 Å². The van der Waals surface area contributed by atoms with Gasteiger partial charge in [0, 0.05) is 13.0 Å². The fraction of sp³-hybridized carbons (Fsp3) is 0.167. The molecule has 0 atom stereocenters. The molecule has 2 heterocycles. The molecule has 0 saturated carbocycles. The highest BCUT2D eigenvalue weighted by Crippen LogP contribution is 2.05. The molecule has 0 unspecified atom stereocenters. The van der Waals surface area contributed by atoms with Crippen LogP contribution in [0, 0.1) is 11.3 Å². The lowest BCUT2D eigenvalue weighted by atomic mass is 10.3. The molecule has 0 spiro atoms. The molecule has 0 amide bonds. The van der Waals surface area contributed by atoms with Crippen molar-refractivity contribution in [3.8, 4) is 6.07 Å². The summed E-state index contributed by atoms with van der Waals surface area (Å²) in [6, 6.07) is 11.1. The third-order valence-electron chi connectivity index (χ3n) is 2.12. The van der Waals surface area contributed by atoms with E-state index in [2.05, 4.69) is 10.3 Å². The van der Waals surface area contributed by atoms with Crippen LogP contribution in [-0.4, -0.2) is 11.5 Å². The minimum atomic E-state index is 0.419. The first-order valence-corrected chi connectivity index (χ1v) is 5.02. The van der Waals surface area contributed by atoms with E-state index in [4.69, 9.17) is 9.68 Å². The van der Waals surface area contributed by atoms with E-state index < -0.39 is 0 Å². The van der Waals surface area contributed by atoms with Crippen LogP contribution in [0.4, 0.5) is 5.82 Å². The molecule has 0 fully saturated rings. The Balaban J connectivity index is 1.88. The molecular weight excluding hydrogens is 202 g/mol. The molecule has 0 aliphatic rings. The minimum Gasteiger partial charge on any atom is -0.469 e. The van der Waals surface area contributed by atoms with Crippen LogP contribution in [0.3, 0.4) is 0 Å². The first-order chi connectivity index (χ1) is 7.88. The molecule has 4 nitrogen and oxygen atoms in total. The molecule has 0 radical (unpaired) electrons. The molecule has 0 bridgehead atoms. The van der Waals surface area contributed by atoms with Gasteiger partial charge in [-0.1, -0.05) is 6.07 Å². The van der Waals surface area contributed by atoms with E-state index in [0.29, 0.717) is 11.5 Å². The van der Waals surface area contributed by atoms with Gasteiger partial charge in [0.1, 0.15) is 23.3 Å². The van der Waals surface area contributed by atoms with Crippen LogP contribution in [0.2, 0.25) is 0 Å². The Bertz CT molecular complexity index is 485. The fourth-order valence-corrected chi connectivity index (χ4v) is 1.36. The van der Waals surface area contributed by atoms with Gasteiger partial charge in [-0.05, 0) is 24.3 Å². The van der Waals surface area contributed by atoms with Gasteiger partial charge in [-0.15, -0.1) is 0 Å². The summed E-state index contributed by atoms with van der Waals surface area (Å²) in [5.74, 6) is 1.65. The van der Waals surface area contributed by atoms with Crippen molar-refractivity contribution in [3.63, 3.8) is 0 Å². The van der Waals surface area contributed by atoms with Crippen molar-refractivity contribution in [1.82, 2.24) is 4.98 Å². The van der Waals surface area contributed by atoms with Crippen LogP contribution in [0.5, 0.6) is 0 Å². The van der Waals surface area contributed by atoms with Gasteiger partial charge in [0.15, 0.2) is 0 Å². The lowest BCUT2D eigenvalue weighted by molar-refractivity contribution is 0.513. The molecule has 0 aromatic carbocycles. The monoisotopic (exact) mass is 213 g/mol. The Morgan fingerprint density at radius 1 is 1.31 bits per heavy atom.